The Morgan fingerprint density at radius 3 is 2.62 bits per heavy atom. The standard InChI is InChI=1S/C18H18FNO/c1-13-6-5-9-18(14(13)2)21-11-10-15(12-20)16-7-3-4-8-17(16)19/h3-9,15H,10-11H2,1-2H3. The van der Waals surface area contributed by atoms with Gasteiger partial charge in [0, 0.05) is 12.0 Å². The van der Waals surface area contributed by atoms with Gasteiger partial charge in [0.2, 0.25) is 0 Å². The summed E-state index contributed by atoms with van der Waals surface area (Å²) < 4.78 is 19.4. The van der Waals surface area contributed by atoms with Crippen molar-refractivity contribution in [3.63, 3.8) is 0 Å². The largest absolute Gasteiger partial charge is 0.493 e. The summed E-state index contributed by atoms with van der Waals surface area (Å²) in [6.07, 6.45) is 0.463. The van der Waals surface area contributed by atoms with Crippen LogP contribution in [-0.4, -0.2) is 6.61 Å². The summed E-state index contributed by atoms with van der Waals surface area (Å²) in [5.74, 6) is -0.00711. The van der Waals surface area contributed by atoms with Crippen LogP contribution in [0.1, 0.15) is 29.0 Å². The maximum atomic E-state index is 13.7. The highest BCUT2D eigenvalue weighted by Crippen LogP contribution is 2.24. The summed E-state index contributed by atoms with van der Waals surface area (Å²) in [6.45, 7) is 4.42. The highest BCUT2D eigenvalue weighted by Gasteiger charge is 2.15. The van der Waals surface area contributed by atoms with Gasteiger partial charge >= 0.3 is 0 Å². The molecule has 0 aromatic heterocycles. The van der Waals surface area contributed by atoms with E-state index in [0.717, 1.165) is 11.3 Å². The van der Waals surface area contributed by atoms with E-state index in [1.54, 1.807) is 18.2 Å². The normalized spacial score (nSPS) is 11.7. The zero-order chi connectivity index (χ0) is 15.2. The van der Waals surface area contributed by atoms with Crippen LogP contribution >= 0.6 is 0 Å². The first kappa shape index (κ1) is 15.1. The third-order valence-corrected chi connectivity index (χ3v) is 3.66. The minimum atomic E-state index is -0.490. The molecule has 2 nitrogen and oxygen atoms in total. The summed E-state index contributed by atoms with van der Waals surface area (Å²) in [5.41, 5.74) is 2.69. The molecule has 0 saturated carbocycles. The molecule has 0 amide bonds. The lowest BCUT2D eigenvalue weighted by atomic mass is 9.97. The van der Waals surface area contributed by atoms with Crippen molar-refractivity contribution in [3.8, 4) is 11.8 Å². The first-order valence-electron chi connectivity index (χ1n) is 6.96. The van der Waals surface area contributed by atoms with Gasteiger partial charge in [-0.25, -0.2) is 4.39 Å². The molecular formula is C18H18FNO. The number of benzene rings is 2. The van der Waals surface area contributed by atoms with Gasteiger partial charge in [-0.15, -0.1) is 0 Å². The van der Waals surface area contributed by atoms with Crippen LogP contribution in [0.5, 0.6) is 5.75 Å². The van der Waals surface area contributed by atoms with Gasteiger partial charge in [0.1, 0.15) is 11.6 Å². The summed E-state index contributed by atoms with van der Waals surface area (Å²) in [4.78, 5) is 0. The SMILES string of the molecule is Cc1cccc(OCCC(C#N)c2ccccc2F)c1C. The van der Waals surface area contributed by atoms with Crippen molar-refractivity contribution in [2.75, 3.05) is 6.61 Å². The quantitative estimate of drug-likeness (QED) is 0.808. The summed E-state index contributed by atoms with van der Waals surface area (Å²) in [7, 11) is 0. The van der Waals surface area contributed by atoms with Gasteiger partial charge in [-0.1, -0.05) is 30.3 Å². The second-order valence-corrected chi connectivity index (χ2v) is 5.04. The van der Waals surface area contributed by atoms with Gasteiger partial charge in [0.25, 0.3) is 0 Å². The van der Waals surface area contributed by atoms with Gasteiger partial charge in [0.05, 0.1) is 18.6 Å². The van der Waals surface area contributed by atoms with E-state index in [-0.39, 0.29) is 5.82 Å². The van der Waals surface area contributed by atoms with Gasteiger partial charge in [-0.2, -0.15) is 5.26 Å². The van der Waals surface area contributed by atoms with Crippen LogP contribution < -0.4 is 4.74 Å². The lowest BCUT2D eigenvalue weighted by Crippen LogP contribution is -2.07. The fourth-order valence-electron chi connectivity index (χ4n) is 2.21. The summed E-state index contributed by atoms with van der Waals surface area (Å²) in [6, 6.07) is 14.4. The Bertz CT molecular complexity index is 661. The number of rotatable bonds is 5. The van der Waals surface area contributed by atoms with Crippen LogP contribution in [0.2, 0.25) is 0 Å². The molecule has 2 rings (SSSR count). The monoisotopic (exact) mass is 283 g/mol. The third kappa shape index (κ3) is 3.61. The van der Waals surface area contributed by atoms with Crippen molar-refractivity contribution in [2.45, 2.75) is 26.2 Å². The average molecular weight is 283 g/mol. The molecule has 0 spiro atoms. The highest BCUT2D eigenvalue weighted by atomic mass is 19.1. The Balaban J connectivity index is 2.00. The smallest absolute Gasteiger partial charge is 0.127 e. The predicted octanol–water partition coefficient (Wildman–Crippen LogP) is 4.52. The van der Waals surface area contributed by atoms with E-state index in [9.17, 15) is 9.65 Å². The van der Waals surface area contributed by atoms with Crippen molar-refractivity contribution < 1.29 is 9.13 Å². The lowest BCUT2D eigenvalue weighted by molar-refractivity contribution is 0.303. The third-order valence-electron chi connectivity index (χ3n) is 3.66. The minimum Gasteiger partial charge on any atom is -0.493 e. The second kappa shape index (κ2) is 6.90. The average Bonchev–Trinajstić information content (AvgIpc) is 2.49. The summed E-state index contributed by atoms with van der Waals surface area (Å²) >= 11 is 0. The number of hydrogen-bond acceptors (Lipinski definition) is 2. The topological polar surface area (TPSA) is 33.0 Å². The lowest BCUT2D eigenvalue weighted by Gasteiger charge is -2.13. The number of ether oxygens (including phenoxy) is 1. The number of nitrogens with zero attached hydrogens (tertiary/aromatic N) is 1. The van der Waals surface area contributed by atoms with Gasteiger partial charge in [-0.3, -0.25) is 0 Å². The number of hydrogen-bond donors (Lipinski definition) is 0. The van der Waals surface area contributed by atoms with E-state index in [1.165, 1.54) is 11.6 Å². The van der Waals surface area contributed by atoms with Crippen LogP contribution in [-0.2, 0) is 0 Å². The first-order chi connectivity index (χ1) is 10.1. The molecule has 1 atom stereocenters. The maximum Gasteiger partial charge on any atom is 0.127 e. The Morgan fingerprint density at radius 1 is 1.14 bits per heavy atom. The molecule has 0 saturated heterocycles. The zero-order valence-corrected chi connectivity index (χ0v) is 12.3. The molecule has 2 aromatic carbocycles. The minimum absolute atomic E-state index is 0.337. The van der Waals surface area contributed by atoms with Gasteiger partial charge in [0.15, 0.2) is 0 Å². The van der Waals surface area contributed by atoms with Gasteiger partial charge in [-0.05, 0) is 37.1 Å². The van der Waals surface area contributed by atoms with Crippen LogP contribution in [0.3, 0.4) is 0 Å². The van der Waals surface area contributed by atoms with E-state index < -0.39 is 5.92 Å². The van der Waals surface area contributed by atoms with Crippen molar-refractivity contribution >= 4 is 0 Å². The first-order valence-corrected chi connectivity index (χ1v) is 6.96. The number of nitriles is 1. The molecule has 2 aromatic rings. The molecule has 1 unspecified atom stereocenters. The fourth-order valence-corrected chi connectivity index (χ4v) is 2.21. The molecule has 0 aliphatic carbocycles. The Hall–Kier alpha value is -2.34. The molecule has 0 N–H and O–H groups in total. The molecule has 0 fully saturated rings. The fraction of sp³-hybridized carbons (Fsp3) is 0.278. The molecular weight excluding hydrogens is 265 g/mol. The number of halogens is 1. The molecule has 0 aliphatic heterocycles. The van der Waals surface area contributed by atoms with Crippen LogP contribution in [0.15, 0.2) is 42.5 Å². The molecule has 21 heavy (non-hydrogen) atoms. The molecule has 0 bridgehead atoms. The molecule has 0 aliphatic rings. The van der Waals surface area contributed by atoms with Crippen molar-refractivity contribution in [2.24, 2.45) is 0 Å². The number of aryl methyl sites for hydroxylation is 1. The maximum absolute atomic E-state index is 13.7. The highest BCUT2D eigenvalue weighted by molar-refractivity contribution is 5.38. The molecule has 108 valence electrons. The zero-order valence-electron chi connectivity index (χ0n) is 12.3. The van der Waals surface area contributed by atoms with E-state index >= 15 is 0 Å². The van der Waals surface area contributed by atoms with Crippen molar-refractivity contribution in [1.29, 1.82) is 5.26 Å². The van der Waals surface area contributed by atoms with E-state index in [1.807, 2.05) is 32.0 Å². The second-order valence-electron chi connectivity index (χ2n) is 5.04. The van der Waals surface area contributed by atoms with Crippen LogP contribution in [0.25, 0.3) is 0 Å². The molecule has 0 radical (unpaired) electrons. The van der Waals surface area contributed by atoms with E-state index in [2.05, 4.69) is 6.07 Å². The van der Waals surface area contributed by atoms with E-state index in [4.69, 9.17) is 4.74 Å². The van der Waals surface area contributed by atoms with Crippen molar-refractivity contribution in [3.05, 3.63) is 65.0 Å². The molecule has 3 heteroatoms. The van der Waals surface area contributed by atoms with Crippen molar-refractivity contribution in [1.82, 2.24) is 0 Å². The van der Waals surface area contributed by atoms with E-state index in [0.29, 0.717) is 18.6 Å². The Kier molecular flexibility index (Phi) is 4.94. The van der Waals surface area contributed by atoms with Gasteiger partial charge < -0.3 is 4.74 Å². The Labute approximate surface area is 124 Å². The Morgan fingerprint density at radius 2 is 1.90 bits per heavy atom. The summed E-state index contributed by atoms with van der Waals surface area (Å²) in [5, 5.41) is 9.23. The predicted molar refractivity (Wildman–Crippen MR) is 80.8 cm³/mol. The van der Waals surface area contributed by atoms with Crippen LogP contribution in [0.4, 0.5) is 4.39 Å². The molecule has 0 heterocycles. The van der Waals surface area contributed by atoms with Crippen LogP contribution in [0, 0.1) is 31.0 Å².